The molecule has 2 N–H and O–H groups in total. The van der Waals surface area contributed by atoms with Crippen LogP contribution < -0.4 is 10.2 Å². The van der Waals surface area contributed by atoms with Crippen molar-refractivity contribution < 1.29 is 14.7 Å². The predicted molar refractivity (Wildman–Crippen MR) is 150 cm³/mol. The van der Waals surface area contributed by atoms with Gasteiger partial charge in [-0.2, -0.15) is 0 Å². The fraction of sp³-hybridized carbons (Fsp3) is 0.433. The first-order chi connectivity index (χ1) is 17.7. The number of hydrogen-bond acceptors (Lipinski definition) is 5. The van der Waals surface area contributed by atoms with E-state index in [1.165, 1.54) is 12.8 Å². The molecule has 1 saturated carbocycles. The lowest BCUT2D eigenvalue weighted by molar-refractivity contribution is -0.136. The third kappa shape index (κ3) is 7.19. The second-order valence-corrected chi connectivity index (χ2v) is 11.8. The van der Waals surface area contributed by atoms with E-state index in [1.54, 1.807) is 11.3 Å². The smallest absolute Gasteiger partial charge is 0.305 e. The van der Waals surface area contributed by atoms with Crippen LogP contribution in [0.1, 0.15) is 68.8 Å². The number of aliphatic carboxylic acids is 1. The minimum Gasteiger partial charge on any atom is -0.481 e. The number of nitrogens with one attached hydrogen (secondary N) is 1. The number of carboxylic acids is 1. The zero-order chi connectivity index (χ0) is 26.4. The summed E-state index contributed by atoms with van der Waals surface area (Å²) in [5.41, 5.74) is 4.11. The fourth-order valence-corrected chi connectivity index (χ4v) is 5.99. The molecule has 0 spiro atoms. The maximum atomic E-state index is 12.4. The molecule has 6 nitrogen and oxygen atoms in total. The highest BCUT2D eigenvalue weighted by molar-refractivity contribution is 7.14. The van der Waals surface area contributed by atoms with Crippen LogP contribution in [0.25, 0.3) is 11.3 Å². The van der Waals surface area contributed by atoms with Crippen LogP contribution in [-0.2, 0) is 11.3 Å². The minimum atomic E-state index is -0.926. The molecule has 0 atom stereocenters. The van der Waals surface area contributed by atoms with Gasteiger partial charge in [-0.05, 0) is 54.7 Å². The van der Waals surface area contributed by atoms with Gasteiger partial charge in [0, 0.05) is 35.6 Å². The number of aromatic nitrogens is 1. The van der Waals surface area contributed by atoms with E-state index in [0.717, 1.165) is 47.3 Å². The summed E-state index contributed by atoms with van der Waals surface area (Å²) in [5.74, 6) is -0.442. The van der Waals surface area contributed by atoms with Crippen molar-refractivity contribution in [2.45, 2.75) is 65.5 Å². The molecular weight excluding hydrogens is 482 g/mol. The van der Waals surface area contributed by atoms with Crippen LogP contribution in [0.4, 0.5) is 5.13 Å². The molecule has 7 heteroatoms. The van der Waals surface area contributed by atoms with E-state index in [0.29, 0.717) is 17.0 Å². The van der Waals surface area contributed by atoms with Gasteiger partial charge in [0.15, 0.2) is 5.13 Å². The van der Waals surface area contributed by atoms with E-state index < -0.39 is 5.97 Å². The number of rotatable bonds is 9. The van der Waals surface area contributed by atoms with E-state index in [-0.39, 0.29) is 18.9 Å². The van der Waals surface area contributed by atoms with E-state index in [1.807, 2.05) is 42.5 Å². The summed E-state index contributed by atoms with van der Waals surface area (Å²) in [4.78, 5) is 30.6. The SMILES string of the molecule is CC(C)(C)C1CCC(N(Cc2ccc(C(=O)NCCC(=O)O)cc2)c2nc(-c3ccccc3)cs2)CC1. The van der Waals surface area contributed by atoms with Gasteiger partial charge in [0.1, 0.15) is 0 Å². The van der Waals surface area contributed by atoms with E-state index >= 15 is 0 Å². The summed E-state index contributed by atoms with van der Waals surface area (Å²) in [7, 11) is 0. The zero-order valence-electron chi connectivity index (χ0n) is 21.9. The van der Waals surface area contributed by atoms with Gasteiger partial charge in [-0.3, -0.25) is 9.59 Å². The van der Waals surface area contributed by atoms with Crippen LogP contribution in [-0.4, -0.2) is 34.6 Å². The van der Waals surface area contributed by atoms with E-state index in [4.69, 9.17) is 10.1 Å². The summed E-state index contributed by atoms with van der Waals surface area (Å²) in [6.45, 7) is 7.90. The lowest BCUT2D eigenvalue weighted by Crippen LogP contribution is -2.39. The molecule has 3 aromatic rings. The molecule has 4 rings (SSSR count). The minimum absolute atomic E-state index is 0.0883. The molecule has 0 bridgehead atoms. The second kappa shape index (κ2) is 11.9. The molecule has 1 amide bonds. The Hall–Kier alpha value is -3.19. The molecule has 37 heavy (non-hydrogen) atoms. The molecular formula is C30H37N3O3S. The lowest BCUT2D eigenvalue weighted by Gasteiger charge is -2.41. The maximum absolute atomic E-state index is 12.4. The highest BCUT2D eigenvalue weighted by Gasteiger charge is 2.33. The molecule has 1 aliphatic rings. The first-order valence-electron chi connectivity index (χ1n) is 13.1. The largest absolute Gasteiger partial charge is 0.481 e. The molecule has 196 valence electrons. The molecule has 0 unspecified atom stereocenters. The van der Waals surface area contributed by atoms with Gasteiger partial charge in [0.05, 0.1) is 12.1 Å². The van der Waals surface area contributed by atoms with Crippen LogP contribution >= 0.6 is 11.3 Å². The first-order valence-corrected chi connectivity index (χ1v) is 13.9. The number of carbonyl (C=O) groups is 2. The third-order valence-electron chi connectivity index (χ3n) is 7.36. The summed E-state index contributed by atoms with van der Waals surface area (Å²) >= 11 is 1.69. The summed E-state index contributed by atoms with van der Waals surface area (Å²) in [5, 5.41) is 14.6. The first kappa shape index (κ1) is 26.9. The van der Waals surface area contributed by atoms with Crippen LogP contribution in [0.15, 0.2) is 60.0 Å². The fourth-order valence-electron chi connectivity index (χ4n) is 5.09. The number of carbonyl (C=O) groups excluding carboxylic acids is 1. The van der Waals surface area contributed by atoms with Gasteiger partial charge < -0.3 is 15.3 Å². The number of thiazole rings is 1. The lowest BCUT2D eigenvalue weighted by atomic mass is 9.71. The number of nitrogens with zero attached hydrogens (tertiary/aromatic N) is 2. The van der Waals surface area contributed by atoms with Crippen molar-refractivity contribution in [2.24, 2.45) is 11.3 Å². The molecule has 0 radical (unpaired) electrons. The summed E-state index contributed by atoms with van der Waals surface area (Å²) in [6.07, 6.45) is 4.64. The number of anilines is 1. The highest BCUT2D eigenvalue weighted by atomic mass is 32.1. The maximum Gasteiger partial charge on any atom is 0.305 e. The molecule has 1 fully saturated rings. The summed E-state index contributed by atoms with van der Waals surface area (Å²) in [6, 6.07) is 18.3. The molecule has 1 aromatic heterocycles. The highest BCUT2D eigenvalue weighted by Crippen LogP contribution is 2.41. The van der Waals surface area contributed by atoms with Crippen molar-refractivity contribution in [3.05, 3.63) is 71.1 Å². The van der Waals surface area contributed by atoms with E-state index in [2.05, 4.69) is 48.5 Å². The standard InChI is InChI=1S/C30H37N3O3S/c1-30(2,3)24-13-15-25(16-14-24)33(29-32-26(20-37-29)22-7-5-4-6-8-22)19-21-9-11-23(12-10-21)28(36)31-18-17-27(34)35/h4-12,20,24-25H,13-19H2,1-3H3,(H,31,36)(H,34,35). The van der Waals surface area contributed by atoms with Gasteiger partial charge >= 0.3 is 5.97 Å². The van der Waals surface area contributed by atoms with Gasteiger partial charge in [-0.1, -0.05) is 63.2 Å². The Morgan fingerprint density at radius 2 is 1.70 bits per heavy atom. The Morgan fingerprint density at radius 1 is 1.03 bits per heavy atom. The van der Waals surface area contributed by atoms with Gasteiger partial charge in [0.2, 0.25) is 0 Å². The molecule has 2 aromatic carbocycles. The van der Waals surface area contributed by atoms with Crippen molar-refractivity contribution in [3.63, 3.8) is 0 Å². The number of carboxylic acid groups (broad SMARTS) is 1. The van der Waals surface area contributed by atoms with Crippen LogP contribution in [0.5, 0.6) is 0 Å². The van der Waals surface area contributed by atoms with Gasteiger partial charge in [-0.25, -0.2) is 4.98 Å². The Balaban J connectivity index is 1.51. The Labute approximate surface area is 223 Å². The Bertz CT molecular complexity index is 1180. The van der Waals surface area contributed by atoms with Crippen LogP contribution in [0, 0.1) is 11.3 Å². The van der Waals surface area contributed by atoms with Gasteiger partial charge in [-0.15, -0.1) is 11.3 Å². The monoisotopic (exact) mass is 519 g/mol. The molecule has 1 heterocycles. The van der Waals surface area contributed by atoms with E-state index in [9.17, 15) is 9.59 Å². The topological polar surface area (TPSA) is 82.5 Å². The predicted octanol–water partition coefficient (Wildman–Crippen LogP) is 6.63. The van der Waals surface area contributed by atoms with Crippen molar-refractivity contribution in [2.75, 3.05) is 11.4 Å². The van der Waals surface area contributed by atoms with Crippen molar-refractivity contribution in [3.8, 4) is 11.3 Å². The van der Waals surface area contributed by atoms with Crippen molar-refractivity contribution >= 4 is 28.3 Å². The average molecular weight is 520 g/mol. The number of benzene rings is 2. The van der Waals surface area contributed by atoms with Crippen molar-refractivity contribution in [1.82, 2.24) is 10.3 Å². The van der Waals surface area contributed by atoms with Crippen LogP contribution in [0.3, 0.4) is 0 Å². The van der Waals surface area contributed by atoms with Crippen molar-refractivity contribution in [1.29, 1.82) is 0 Å². The molecule has 0 aliphatic heterocycles. The third-order valence-corrected chi connectivity index (χ3v) is 8.24. The Kier molecular flexibility index (Phi) is 8.64. The second-order valence-electron chi connectivity index (χ2n) is 11.0. The zero-order valence-corrected chi connectivity index (χ0v) is 22.8. The van der Waals surface area contributed by atoms with Crippen LogP contribution in [0.2, 0.25) is 0 Å². The molecule has 0 saturated heterocycles. The average Bonchev–Trinajstić information content (AvgIpc) is 3.37. The van der Waals surface area contributed by atoms with Gasteiger partial charge in [0.25, 0.3) is 5.91 Å². The number of amides is 1. The summed E-state index contributed by atoms with van der Waals surface area (Å²) < 4.78 is 0. The molecule has 1 aliphatic carbocycles. The number of hydrogen-bond donors (Lipinski definition) is 2. The normalized spacial score (nSPS) is 17.8. The Morgan fingerprint density at radius 3 is 2.32 bits per heavy atom. The quantitative estimate of drug-likeness (QED) is 0.332.